The summed E-state index contributed by atoms with van der Waals surface area (Å²) in [7, 11) is 3.88. The molecule has 0 saturated heterocycles. The topological polar surface area (TPSA) is 12.5 Å². The van der Waals surface area contributed by atoms with Crippen LogP contribution in [0.1, 0.15) is 25.0 Å². The van der Waals surface area contributed by atoms with Crippen molar-refractivity contribution in [1.82, 2.24) is 0 Å². The van der Waals surface area contributed by atoms with Crippen molar-refractivity contribution in [2.45, 2.75) is 20.3 Å². The molecule has 1 heterocycles. The normalized spacial score (nSPS) is 14.5. The molecule has 0 N–H and O–H groups in total. The van der Waals surface area contributed by atoms with Crippen LogP contribution in [0.4, 0.5) is 5.69 Å². The van der Waals surface area contributed by atoms with Gasteiger partial charge in [0.1, 0.15) is 5.75 Å². The number of ether oxygens (including phenoxy) is 1. The minimum Gasteiger partial charge on any atom is -0.496 e. The summed E-state index contributed by atoms with van der Waals surface area (Å²) in [6.45, 7) is 5.33. The number of rotatable bonds is 2. The lowest BCUT2D eigenvalue weighted by molar-refractivity contribution is 0.413. The second-order valence-corrected chi connectivity index (χ2v) is 4.43. The average Bonchev–Trinajstić information content (AvgIpc) is 2.28. The van der Waals surface area contributed by atoms with Gasteiger partial charge in [0.2, 0.25) is 0 Å². The molecule has 2 heteroatoms. The van der Waals surface area contributed by atoms with Gasteiger partial charge in [0, 0.05) is 24.8 Å². The van der Waals surface area contributed by atoms with Crippen LogP contribution in [0.3, 0.4) is 0 Å². The first-order chi connectivity index (χ1) is 7.65. The Kier molecular flexibility index (Phi) is 2.90. The van der Waals surface area contributed by atoms with Crippen LogP contribution in [0.25, 0.3) is 6.08 Å². The molecular weight excluding hydrogens is 198 g/mol. The summed E-state index contributed by atoms with van der Waals surface area (Å²) in [5, 5.41) is 0. The first-order valence-corrected chi connectivity index (χ1v) is 5.75. The molecule has 0 spiro atoms. The zero-order valence-electron chi connectivity index (χ0n) is 10.5. The summed E-state index contributed by atoms with van der Waals surface area (Å²) in [5.41, 5.74) is 5.20. The van der Waals surface area contributed by atoms with E-state index in [0.29, 0.717) is 0 Å². The number of likely N-dealkylation sites (N-methyl/N-ethyl adjacent to an activating group) is 1. The zero-order valence-corrected chi connectivity index (χ0v) is 10.5. The van der Waals surface area contributed by atoms with Crippen LogP contribution in [0.2, 0.25) is 0 Å². The van der Waals surface area contributed by atoms with Crippen molar-refractivity contribution in [3.8, 4) is 5.75 Å². The standard InChI is InChI=1S/C14H19NO/c1-5-11-7-13-12(14(8-11)16-4)6-10(2)9-15(13)3/h6-8H,5,9H2,1-4H3. The van der Waals surface area contributed by atoms with E-state index in [0.717, 1.165) is 18.7 Å². The Balaban J connectivity index is 2.61. The number of anilines is 1. The van der Waals surface area contributed by atoms with Gasteiger partial charge in [0.25, 0.3) is 0 Å². The van der Waals surface area contributed by atoms with Crippen LogP contribution in [0.5, 0.6) is 5.75 Å². The first-order valence-electron chi connectivity index (χ1n) is 5.75. The largest absolute Gasteiger partial charge is 0.496 e. The molecule has 1 aliphatic heterocycles. The molecule has 0 atom stereocenters. The summed E-state index contributed by atoms with van der Waals surface area (Å²) >= 11 is 0. The van der Waals surface area contributed by atoms with E-state index in [-0.39, 0.29) is 0 Å². The van der Waals surface area contributed by atoms with E-state index < -0.39 is 0 Å². The van der Waals surface area contributed by atoms with Gasteiger partial charge in [-0.15, -0.1) is 0 Å². The molecule has 1 aromatic rings. The van der Waals surface area contributed by atoms with E-state index in [1.807, 2.05) is 0 Å². The molecule has 1 aliphatic rings. The zero-order chi connectivity index (χ0) is 11.7. The highest BCUT2D eigenvalue weighted by Crippen LogP contribution is 2.36. The molecule has 1 aromatic carbocycles. The number of benzene rings is 1. The number of methoxy groups -OCH3 is 1. The van der Waals surface area contributed by atoms with Gasteiger partial charge in [0.05, 0.1) is 7.11 Å². The van der Waals surface area contributed by atoms with E-state index in [1.54, 1.807) is 7.11 Å². The van der Waals surface area contributed by atoms with Crippen LogP contribution in [-0.4, -0.2) is 20.7 Å². The number of aryl methyl sites for hydroxylation is 1. The molecule has 2 rings (SSSR count). The molecule has 0 bridgehead atoms. The molecule has 16 heavy (non-hydrogen) atoms. The van der Waals surface area contributed by atoms with E-state index in [1.165, 1.54) is 22.4 Å². The van der Waals surface area contributed by atoms with Gasteiger partial charge in [-0.3, -0.25) is 0 Å². The Hall–Kier alpha value is -1.44. The first kappa shape index (κ1) is 11.1. The SMILES string of the molecule is CCc1cc(OC)c2c(c1)N(C)CC(C)=C2. The van der Waals surface area contributed by atoms with Crippen LogP contribution < -0.4 is 9.64 Å². The fourth-order valence-corrected chi connectivity index (χ4v) is 2.25. The molecule has 0 radical (unpaired) electrons. The molecule has 0 saturated carbocycles. The van der Waals surface area contributed by atoms with Gasteiger partial charge in [-0.1, -0.05) is 12.5 Å². The van der Waals surface area contributed by atoms with Crippen molar-refractivity contribution in [3.05, 3.63) is 28.8 Å². The average molecular weight is 217 g/mol. The van der Waals surface area contributed by atoms with Crippen LogP contribution >= 0.6 is 0 Å². The molecule has 0 aromatic heterocycles. The van der Waals surface area contributed by atoms with E-state index >= 15 is 0 Å². The highest BCUT2D eigenvalue weighted by Gasteiger charge is 2.17. The molecule has 0 aliphatic carbocycles. The summed E-state index contributed by atoms with van der Waals surface area (Å²) in [4.78, 5) is 2.28. The second-order valence-electron chi connectivity index (χ2n) is 4.43. The van der Waals surface area contributed by atoms with Gasteiger partial charge in [-0.25, -0.2) is 0 Å². The minimum absolute atomic E-state index is 0.986. The monoisotopic (exact) mass is 217 g/mol. The smallest absolute Gasteiger partial charge is 0.128 e. The van der Waals surface area contributed by atoms with Gasteiger partial charge in [-0.05, 0) is 37.1 Å². The molecule has 0 fully saturated rings. The van der Waals surface area contributed by atoms with Crippen LogP contribution in [0, 0.1) is 0 Å². The predicted molar refractivity (Wildman–Crippen MR) is 69.3 cm³/mol. The Morgan fingerprint density at radius 3 is 2.75 bits per heavy atom. The maximum Gasteiger partial charge on any atom is 0.128 e. The lowest BCUT2D eigenvalue weighted by atomic mass is 9.99. The van der Waals surface area contributed by atoms with Gasteiger partial charge in [0.15, 0.2) is 0 Å². The number of hydrogen-bond donors (Lipinski definition) is 0. The van der Waals surface area contributed by atoms with Crippen LogP contribution in [-0.2, 0) is 6.42 Å². The maximum atomic E-state index is 5.48. The summed E-state index contributed by atoms with van der Waals surface area (Å²) in [6, 6.07) is 4.41. The van der Waals surface area contributed by atoms with Crippen molar-refractivity contribution >= 4 is 11.8 Å². The summed E-state index contributed by atoms with van der Waals surface area (Å²) < 4.78 is 5.48. The lowest BCUT2D eigenvalue weighted by Crippen LogP contribution is -2.23. The number of nitrogens with zero attached hydrogens (tertiary/aromatic N) is 1. The van der Waals surface area contributed by atoms with E-state index in [9.17, 15) is 0 Å². The number of fused-ring (bicyclic) bond motifs is 1. The number of hydrogen-bond acceptors (Lipinski definition) is 2. The van der Waals surface area contributed by atoms with Crippen molar-refractivity contribution in [1.29, 1.82) is 0 Å². The van der Waals surface area contributed by atoms with Crippen molar-refractivity contribution < 1.29 is 4.74 Å². The highest BCUT2D eigenvalue weighted by molar-refractivity contribution is 5.78. The molecule has 86 valence electrons. The maximum absolute atomic E-state index is 5.48. The van der Waals surface area contributed by atoms with Gasteiger partial charge >= 0.3 is 0 Å². The van der Waals surface area contributed by atoms with Crippen molar-refractivity contribution in [2.24, 2.45) is 0 Å². The fraction of sp³-hybridized carbons (Fsp3) is 0.429. The third-order valence-corrected chi connectivity index (χ3v) is 3.10. The highest BCUT2D eigenvalue weighted by atomic mass is 16.5. The van der Waals surface area contributed by atoms with Gasteiger partial charge in [-0.2, -0.15) is 0 Å². The van der Waals surface area contributed by atoms with Crippen molar-refractivity contribution in [2.75, 3.05) is 25.6 Å². The summed E-state index contributed by atoms with van der Waals surface area (Å²) in [6.07, 6.45) is 3.27. The quantitative estimate of drug-likeness (QED) is 0.754. The van der Waals surface area contributed by atoms with E-state index in [2.05, 4.69) is 44.0 Å². The minimum atomic E-state index is 0.986. The second kappa shape index (κ2) is 4.20. The Labute approximate surface area is 97.5 Å². The third kappa shape index (κ3) is 1.80. The Morgan fingerprint density at radius 1 is 1.38 bits per heavy atom. The van der Waals surface area contributed by atoms with Crippen molar-refractivity contribution in [3.63, 3.8) is 0 Å². The lowest BCUT2D eigenvalue weighted by Gasteiger charge is -2.28. The Bertz CT molecular complexity index is 435. The van der Waals surface area contributed by atoms with Crippen LogP contribution in [0.15, 0.2) is 17.7 Å². The third-order valence-electron chi connectivity index (χ3n) is 3.10. The van der Waals surface area contributed by atoms with Gasteiger partial charge < -0.3 is 9.64 Å². The molecule has 0 amide bonds. The molecular formula is C14H19NO. The summed E-state index contributed by atoms with van der Waals surface area (Å²) in [5.74, 6) is 0.986. The van der Waals surface area contributed by atoms with E-state index in [4.69, 9.17) is 4.74 Å². The fourth-order valence-electron chi connectivity index (χ4n) is 2.25. The predicted octanol–water partition coefficient (Wildman–Crippen LogP) is 3.11. The Morgan fingerprint density at radius 2 is 2.12 bits per heavy atom. The molecule has 2 nitrogen and oxygen atoms in total. The molecule has 0 unspecified atom stereocenters.